The van der Waals surface area contributed by atoms with Crippen molar-refractivity contribution >= 4 is 45.0 Å². The van der Waals surface area contributed by atoms with Gasteiger partial charge in [-0.1, -0.05) is 41.4 Å². The predicted molar refractivity (Wildman–Crippen MR) is 147 cm³/mol. The van der Waals surface area contributed by atoms with Crippen LogP contribution in [0.4, 0.5) is 13.2 Å². The minimum Gasteiger partial charge on any atom is -0.366 e. The van der Waals surface area contributed by atoms with Crippen LogP contribution in [0.5, 0.6) is 0 Å². The number of nitrogens with zero attached hydrogens (tertiary/aromatic N) is 2. The lowest BCUT2D eigenvalue weighted by Crippen LogP contribution is -2.78. The monoisotopic (exact) mass is 616 g/mol. The largest absolute Gasteiger partial charge is 0.390 e. The zero-order valence-electron chi connectivity index (χ0n) is 21.9. The SMILES string of the molecule is CC1(C)NC(C23CC(N(Cc4ccc(Cl)cc4)S(=O)(=O)c4cccc(Cl)c4)(C2)C3)=N[C@H]1C(=O)NCCC(F)(F)F. The van der Waals surface area contributed by atoms with Gasteiger partial charge in [-0.05, 0) is 69.0 Å². The van der Waals surface area contributed by atoms with Gasteiger partial charge in [0.15, 0.2) is 6.04 Å². The minimum atomic E-state index is -4.37. The molecule has 6 rings (SSSR count). The Bertz CT molecular complexity index is 1440. The molecule has 3 fully saturated rings. The first-order valence-electron chi connectivity index (χ1n) is 12.8. The fourth-order valence-corrected chi connectivity index (χ4v) is 8.23. The summed E-state index contributed by atoms with van der Waals surface area (Å²) in [6, 6.07) is 12.3. The molecule has 1 aliphatic heterocycles. The molecule has 2 aromatic rings. The first kappa shape index (κ1) is 29.2. The summed E-state index contributed by atoms with van der Waals surface area (Å²) in [4.78, 5) is 17.4. The predicted octanol–water partition coefficient (Wildman–Crippen LogP) is 5.32. The first-order valence-corrected chi connectivity index (χ1v) is 15.0. The van der Waals surface area contributed by atoms with E-state index in [4.69, 9.17) is 23.2 Å². The summed E-state index contributed by atoms with van der Waals surface area (Å²) < 4.78 is 67.0. The Morgan fingerprint density at radius 1 is 1.10 bits per heavy atom. The van der Waals surface area contributed by atoms with Crippen molar-refractivity contribution in [1.82, 2.24) is 14.9 Å². The van der Waals surface area contributed by atoms with Crippen molar-refractivity contribution in [2.24, 2.45) is 10.4 Å². The van der Waals surface area contributed by atoms with Gasteiger partial charge >= 0.3 is 6.18 Å². The lowest BCUT2D eigenvalue weighted by atomic mass is 9.38. The van der Waals surface area contributed by atoms with Crippen molar-refractivity contribution in [2.75, 3.05) is 6.54 Å². The zero-order valence-corrected chi connectivity index (χ0v) is 24.2. The number of hydrogen-bond donors (Lipinski definition) is 2. The van der Waals surface area contributed by atoms with Crippen LogP contribution in [0, 0.1) is 5.41 Å². The Morgan fingerprint density at radius 3 is 2.35 bits per heavy atom. The van der Waals surface area contributed by atoms with Crippen LogP contribution >= 0.6 is 23.2 Å². The van der Waals surface area contributed by atoms with E-state index in [2.05, 4.69) is 15.6 Å². The van der Waals surface area contributed by atoms with Crippen molar-refractivity contribution in [1.29, 1.82) is 0 Å². The molecule has 2 aromatic carbocycles. The van der Waals surface area contributed by atoms with Crippen LogP contribution in [0.25, 0.3) is 0 Å². The summed E-state index contributed by atoms with van der Waals surface area (Å²) in [7, 11) is -3.93. The molecule has 216 valence electrons. The highest BCUT2D eigenvalue weighted by Crippen LogP contribution is 2.71. The molecule has 7 nitrogen and oxygen atoms in total. The molecular formula is C27H29Cl2F3N4O3S. The molecule has 13 heteroatoms. The molecule has 0 unspecified atom stereocenters. The minimum absolute atomic E-state index is 0.0980. The normalized spacial score (nSPS) is 26.9. The number of amides is 1. The van der Waals surface area contributed by atoms with E-state index in [1.807, 2.05) is 0 Å². The van der Waals surface area contributed by atoms with Crippen LogP contribution in [-0.4, -0.2) is 54.3 Å². The molecule has 40 heavy (non-hydrogen) atoms. The second-order valence-electron chi connectivity index (χ2n) is 11.5. The molecule has 1 atom stereocenters. The van der Waals surface area contributed by atoms with E-state index in [9.17, 15) is 26.4 Å². The third-order valence-corrected chi connectivity index (χ3v) is 10.4. The number of carbonyl (C=O) groups is 1. The Kier molecular flexibility index (Phi) is 7.21. The molecule has 0 aromatic heterocycles. The van der Waals surface area contributed by atoms with Crippen LogP contribution < -0.4 is 10.6 Å². The fraction of sp³-hybridized carbons (Fsp3) is 0.481. The van der Waals surface area contributed by atoms with Gasteiger partial charge in [0.2, 0.25) is 15.9 Å². The molecule has 2 bridgehead atoms. The molecule has 2 N–H and O–H groups in total. The van der Waals surface area contributed by atoms with E-state index >= 15 is 0 Å². The van der Waals surface area contributed by atoms with Gasteiger partial charge in [0, 0.05) is 34.1 Å². The third-order valence-electron chi connectivity index (χ3n) is 8.00. The maximum atomic E-state index is 13.9. The summed E-state index contributed by atoms with van der Waals surface area (Å²) in [6.45, 7) is 3.16. The zero-order chi connectivity index (χ0) is 29.1. The number of rotatable bonds is 9. The lowest BCUT2D eigenvalue weighted by Gasteiger charge is -2.73. The maximum Gasteiger partial charge on any atom is 0.390 e. The van der Waals surface area contributed by atoms with Crippen LogP contribution in [0.1, 0.15) is 45.1 Å². The maximum absolute atomic E-state index is 13.9. The standard InChI is InChI=1S/C27H29Cl2F3N4O3S/c1-24(2)21(22(37)33-11-10-27(30,31)32)34-23(35-24)25-14-26(15-25,16-25)36(13-17-6-8-18(28)9-7-17)40(38,39)20-5-3-4-19(29)12-20/h3-9,12,21H,10-11,13-16H2,1-2H3,(H,33,37)(H,34,35)/t21-,25?,26?/m0/s1. The number of aliphatic imine (C=N–C) groups is 1. The average molecular weight is 618 g/mol. The Morgan fingerprint density at radius 2 is 1.75 bits per heavy atom. The van der Waals surface area contributed by atoms with Crippen LogP contribution in [0.3, 0.4) is 0 Å². The van der Waals surface area contributed by atoms with E-state index in [0.29, 0.717) is 35.1 Å². The van der Waals surface area contributed by atoms with Gasteiger partial charge in [-0.3, -0.25) is 9.79 Å². The number of sulfonamides is 1. The number of alkyl halides is 3. The van der Waals surface area contributed by atoms with Crippen molar-refractivity contribution in [3.8, 4) is 0 Å². The summed E-state index contributed by atoms with van der Waals surface area (Å²) in [5.74, 6) is 0.0212. The Labute approximate surface area is 241 Å². The number of halogens is 5. The summed E-state index contributed by atoms with van der Waals surface area (Å²) in [5.41, 5.74) is -1.11. The van der Waals surface area contributed by atoms with E-state index in [1.54, 1.807) is 50.2 Å². The average Bonchev–Trinajstić information content (AvgIpc) is 3.12. The molecule has 0 saturated heterocycles. The van der Waals surface area contributed by atoms with E-state index in [1.165, 1.54) is 16.4 Å². The quantitative estimate of drug-likeness (QED) is 0.399. The molecule has 1 amide bonds. The summed E-state index contributed by atoms with van der Waals surface area (Å²) in [5, 5.41) is 6.51. The van der Waals surface area contributed by atoms with E-state index in [0.717, 1.165) is 5.56 Å². The number of carbonyl (C=O) groups excluding carboxylic acids is 1. The van der Waals surface area contributed by atoms with Crippen molar-refractivity contribution < 1.29 is 26.4 Å². The van der Waals surface area contributed by atoms with Gasteiger partial charge in [0.25, 0.3) is 0 Å². The first-order chi connectivity index (χ1) is 18.6. The van der Waals surface area contributed by atoms with Gasteiger partial charge in [-0.2, -0.15) is 17.5 Å². The second-order valence-corrected chi connectivity index (χ2v) is 14.2. The molecule has 0 spiro atoms. The second kappa shape index (κ2) is 9.89. The van der Waals surface area contributed by atoms with Crippen molar-refractivity contribution in [3.63, 3.8) is 0 Å². The van der Waals surface area contributed by atoms with Crippen LogP contribution in [0.15, 0.2) is 58.4 Å². The van der Waals surface area contributed by atoms with Gasteiger partial charge in [0.05, 0.1) is 16.9 Å². The third kappa shape index (κ3) is 5.33. The number of benzene rings is 2. The Hall–Kier alpha value is -2.34. The van der Waals surface area contributed by atoms with E-state index in [-0.39, 0.29) is 11.4 Å². The molecule has 3 saturated carbocycles. The highest BCUT2D eigenvalue weighted by Gasteiger charge is 2.75. The summed E-state index contributed by atoms with van der Waals surface area (Å²) in [6.07, 6.45) is -3.99. The van der Waals surface area contributed by atoms with Gasteiger partial charge < -0.3 is 10.6 Å². The highest BCUT2D eigenvalue weighted by molar-refractivity contribution is 7.89. The van der Waals surface area contributed by atoms with Gasteiger partial charge in [-0.15, -0.1) is 0 Å². The van der Waals surface area contributed by atoms with Crippen LogP contribution in [0.2, 0.25) is 10.0 Å². The van der Waals surface area contributed by atoms with E-state index < -0.39 is 57.6 Å². The molecule has 1 heterocycles. The fourth-order valence-electron chi connectivity index (χ4n) is 6.04. The Balaban J connectivity index is 1.36. The highest BCUT2D eigenvalue weighted by atomic mass is 35.5. The van der Waals surface area contributed by atoms with Gasteiger partial charge in [0.1, 0.15) is 5.84 Å². The van der Waals surface area contributed by atoms with Crippen LogP contribution in [-0.2, 0) is 21.4 Å². The van der Waals surface area contributed by atoms with Crippen molar-refractivity contribution in [3.05, 3.63) is 64.1 Å². The lowest BCUT2D eigenvalue weighted by molar-refractivity contribution is -0.151. The number of nitrogens with one attached hydrogen (secondary N) is 2. The topological polar surface area (TPSA) is 90.9 Å². The van der Waals surface area contributed by atoms with Gasteiger partial charge in [-0.25, -0.2) is 8.42 Å². The molecule has 0 radical (unpaired) electrons. The molecular weight excluding hydrogens is 588 g/mol. The smallest absolute Gasteiger partial charge is 0.366 e. The molecule has 3 aliphatic carbocycles. The van der Waals surface area contributed by atoms with Crippen molar-refractivity contribution in [2.45, 2.75) is 74.3 Å². The molecule has 4 aliphatic rings. The number of hydrogen-bond acceptors (Lipinski definition) is 5. The number of amidine groups is 1. The summed E-state index contributed by atoms with van der Waals surface area (Å²) >= 11 is 12.2.